The Labute approximate surface area is 173 Å². The van der Waals surface area contributed by atoms with Crippen molar-refractivity contribution in [1.29, 1.82) is 0 Å². The molecule has 2 N–H and O–H groups in total. The van der Waals surface area contributed by atoms with Crippen LogP contribution >= 0.6 is 27.7 Å². The Morgan fingerprint density at radius 1 is 1.11 bits per heavy atom. The molecular formula is C21H13BrN2O3S. The van der Waals surface area contributed by atoms with E-state index in [4.69, 9.17) is 10.5 Å². The molecule has 0 spiro atoms. The van der Waals surface area contributed by atoms with Gasteiger partial charge in [-0.2, -0.15) is 4.99 Å². The van der Waals surface area contributed by atoms with E-state index in [1.54, 1.807) is 30.3 Å². The Morgan fingerprint density at radius 3 is 2.64 bits per heavy atom. The first-order chi connectivity index (χ1) is 13.5. The van der Waals surface area contributed by atoms with E-state index in [1.165, 1.54) is 0 Å². The highest BCUT2D eigenvalue weighted by atomic mass is 79.9. The zero-order chi connectivity index (χ0) is 19.7. The van der Waals surface area contributed by atoms with Crippen molar-refractivity contribution < 1.29 is 14.3 Å². The second-order valence-corrected chi connectivity index (χ2v) is 7.89. The van der Waals surface area contributed by atoms with Gasteiger partial charge < -0.3 is 10.5 Å². The number of hydrogen-bond donors (Lipinski definition) is 1. The average molecular weight is 453 g/mol. The molecule has 0 aliphatic carbocycles. The van der Waals surface area contributed by atoms with E-state index in [2.05, 4.69) is 20.9 Å². The van der Waals surface area contributed by atoms with E-state index >= 15 is 0 Å². The van der Waals surface area contributed by atoms with Gasteiger partial charge in [-0.3, -0.25) is 4.79 Å². The lowest BCUT2D eigenvalue weighted by Gasteiger charge is -2.09. The second kappa shape index (κ2) is 7.61. The van der Waals surface area contributed by atoms with E-state index in [9.17, 15) is 9.59 Å². The lowest BCUT2D eigenvalue weighted by atomic mass is 10.0. The number of nitrogens with zero attached hydrogens (tertiary/aromatic N) is 1. The van der Waals surface area contributed by atoms with Gasteiger partial charge in [0.2, 0.25) is 0 Å². The highest BCUT2D eigenvalue weighted by molar-refractivity contribution is 9.10. The molecule has 1 aliphatic heterocycles. The highest BCUT2D eigenvalue weighted by Gasteiger charge is 2.20. The number of thioether (sulfide) groups is 1. The van der Waals surface area contributed by atoms with Gasteiger partial charge in [-0.15, -0.1) is 0 Å². The van der Waals surface area contributed by atoms with E-state index < -0.39 is 5.97 Å². The summed E-state index contributed by atoms with van der Waals surface area (Å²) in [4.78, 5) is 28.5. The van der Waals surface area contributed by atoms with Crippen molar-refractivity contribution in [3.05, 3.63) is 81.2 Å². The smallest absolute Gasteiger partial charge is 0.344 e. The maximum Gasteiger partial charge on any atom is 0.344 e. The molecule has 138 valence electrons. The summed E-state index contributed by atoms with van der Waals surface area (Å²) in [5, 5.41) is 2.04. The lowest BCUT2D eigenvalue weighted by molar-refractivity contribution is -0.113. The van der Waals surface area contributed by atoms with Crippen LogP contribution in [0.3, 0.4) is 0 Å². The number of carbonyl (C=O) groups excluding carboxylic acids is 2. The van der Waals surface area contributed by atoms with E-state index in [0.29, 0.717) is 20.7 Å². The molecule has 3 aromatic rings. The fraction of sp³-hybridized carbons (Fsp3) is 0. The number of fused-ring (bicyclic) bond motifs is 1. The molecule has 0 atom stereocenters. The fourth-order valence-electron chi connectivity index (χ4n) is 2.82. The Morgan fingerprint density at radius 2 is 1.89 bits per heavy atom. The number of hydrogen-bond acceptors (Lipinski definition) is 5. The summed E-state index contributed by atoms with van der Waals surface area (Å²) in [5.41, 5.74) is 6.82. The monoisotopic (exact) mass is 452 g/mol. The van der Waals surface area contributed by atoms with Gasteiger partial charge in [-0.05, 0) is 68.3 Å². The van der Waals surface area contributed by atoms with Gasteiger partial charge in [0.25, 0.3) is 5.91 Å². The molecular weight excluding hydrogens is 440 g/mol. The van der Waals surface area contributed by atoms with Crippen molar-refractivity contribution >= 4 is 61.6 Å². The maximum atomic E-state index is 12.7. The van der Waals surface area contributed by atoms with E-state index in [-0.39, 0.29) is 11.1 Å². The van der Waals surface area contributed by atoms with E-state index in [1.807, 2.05) is 36.4 Å². The van der Waals surface area contributed by atoms with Crippen LogP contribution in [0.2, 0.25) is 0 Å². The number of nitrogens with two attached hydrogens (primary N) is 1. The predicted octanol–water partition coefficient (Wildman–Crippen LogP) is 4.75. The van der Waals surface area contributed by atoms with Crippen molar-refractivity contribution in [2.75, 3.05) is 0 Å². The topological polar surface area (TPSA) is 81.8 Å². The number of carbonyl (C=O) groups is 2. The number of ether oxygens (including phenoxy) is 1. The van der Waals surface area contributed by atoms with Crippen LogP contribution in [0.15, 0.2) is 75.0 Å². The summed E-state index contributed by atoms with van der Waals surface area (Å²) in [5.74, 6) is -0.405. The number of esters is 1. The van der Waals surface area contributed by atoms with Crippen LogP contribution in [-0.4, -0.2) is 17.0 Å². The number of aliphatic imine (C=N–C) groups is 1. The average Bonchev–Trinajstić information content (AvgIpc) is 3.00. The molecule has 5 nitrogen and oxygen atoms in total. The third-order valence-electron chi connectivity index (χ3n) is 4.10. The molecule has 0 aromatic heterocycles. The molecule has 28 heavy (non-hydrogen) atoms. The molecule has 1 amide bonds. The van der Waals surface area contributed by atoms with Crippen LogP contribution in [-0.2, 0) is 4.79 Å². The summed E-state index contributed by atoms with van der Waals surface area (Å²) < 4.78 is 6.18. The molecule has 0 saturated carbocycles. The zero-order valence-corrected chi connectivity index (χ0v) is 16.8. The molecule has 3 aromatic carbocycles. The normalized spacial score (nSPS) is 15.1. The van der Waals surface area contributed by atoms with Crippen LogP contribution in [0.4, 0.5) is 0 Å². The largest absolute Gasteiger partial charge is 0.422 e. The molecule has 0 bridgehead atoms. The fourth-order valence-corrected chi connectivity index (χ4v) is 3.98. The van der Waals surface area contributed by atoms with Gasteiger partial charge >= 0.3 is 5.97 Å². The first-order valence-corrected chi connectivity index (χ1v) is 9.90. The first kappa shape index (κ1) is 18.5. The predicted molar refractivity (Wildman–Crippen MR) is 115 cm³/mol. The quantitative estimate of drug-likeness (QED) is 0.352. The van der Waals surface area contributed by atoms with Crippen LogP contribution in [0.1, 0.15) is 15.9 Å². The maximum absolute atomic E-state index is 12.7. The Hall–Kier alpha value is -2.90. The summed E-state index contributed by atoms with van der Waals surface area (Å²) in [6.07, 6.45) is 1.69. The number of amides is 1. The standard InChI is InChI=1S/C21H13BrN2O3S/c22-16-10-12(11-18-19(25)24-21(23)28-18)8-9-17(16)27-20(26)15-7-3-5-13-4-1-2-6-14(13)15/h1-11H,(H2,23,24,25)/b18-11-. The van der Waals surface area contributed by atoms with Crippen molar-refractivity contribution in [2.24, 2.45) is 10.7 Å². The molecule has 0 radical (unpaired) electrons. The van der Waals surface area contributed by atoms with Gasteiger partial charge in [0.1, 0.15) is 5.75 Å². The Bertz CT molecular complexity index is 1180. The minimum atomic E-state index is -0.439. The summed E-state index contributed by atoms with van der Waals surface area (Å²) in [7, 11) is 0. The number of halogens is 1. The second-order valence-electron chi connectivity index (χ2n) is 5.97. The molecule has 0 saturated heterocycles. The van der Waals surface area contributed by atoms with Crippen LogP contribution in [0, 0.1) is 0 Å². The minimum Gasteiger partial charge on any atom is -0.422 e. The number of rotatable bonds is 3. The Kier molecular flexibility index (Phi) is 5.02. The molecule has 1 aliphatic rings. The highest BCUT2D eigenvalue weighted by Crippen LogP contribution is 2.31. The summed E-state index contributed by atoms with van der Waals surface area (Å²) in [6.45, 7) is 0. The van der Waals surface area contributed by atoms with Crippen LogP contribution in [0.25, 0.3) is 16.8 Å². The van der Waals surface area contributed by atoms with E-state index in [0.717, 1.165) is 28.1 Å². The first-order valence-electron chi connectivity index (χ1n) is 8.29. The van der Waals surface area contributed by atoms with Gasteiger partial charge in [0, 0.05) is 0 Å². The number of amidine groups is 1. The third kappa shape index (κ3) is 3.72. The summed E-state index contributed by atoms with van der Waals surface area (Å²) >= 11 is 4.55. The molecule has 4 rings (SSSR count). The lowest BCUT2D eigenvalue weighted by Crippen LogP contribution is -2.09. The van der Waals surface area contributed by atoms with Gasteiger partial charge in [0.15, 0.2) is 5.17 Å². The summed E-state index contributed by atoms with van der Waals surface area (Å²) in [6, 6.07) is 18.4. The van der Waals surface area contributed by atoms with Crippen LogP contribution in [0.5, 0.6) is 5.75 Å². The Balaban J connectivity index is 1.58. The number of benzene rings is 3. The zero-order valence-electron chi connectivity index (χ0n) is 14.4. The van der Waals surface area contributed by atoms with Gasteiger partial charge in [0.05, 0.1) is 14.9 Å². The molecule has 7 heteroatoms. The molecule has 0 fully saturated rings. The SMILES string of the molecule is NC1=NC(=O)/C(=C/c2ccc(OC(=O)c3cccc4ccccc34)c(Br)c2)S1. The van der Waals surface area contributed by atoms with Gasteiger partial charge in [-0.1, -0.05) is 42.5 Å². The minimum absolute atomic E-state index is 0.232. The van der Waals surface area contributed by atoms with Gasteiger partial charge in [-0.25, -0.2) is 4.79 Å². The third-order valence-corrected chi connectivity index (χ3v) is 5.54. The van der Waals surface area contributed by atoms with Crippen molar-refractivity contribution in [2.45, 2.75) is 0 Å². The molecule has 0 unspecified atom stereocenters. The van der Waals surface area contributed by atoms with Crippen molar-refractivity contribution in [3.8, 4) is 5.75 Å². The molecule has 1 heterocycles. The van der Waals surface area contributed by atoms with Crippen molar-refractivity contribution in [1.82, 2.24) is 0 Å². The van der Waals surface area contributed by atoms with Crippen LogP contribution < -0.4 is 10.5 Å². The van der Waals surface area contributed by atoms with Crippen molar-refractivity contribution in [3.63, 3.8) is 0 Å².